The lowest BCUT2D eigenvalue weighted by atomic mass is 10.1. The van der Waals surface area contributed by atoms with Crippen molar-refractivity contribution in [1.29, 1.82) is 0 Å². The number of rotatable bonds is 7. The molecule has 0 saturated heterocycles. The molecule has 0 aliphatic heterocycles. The minimum absolute atomic E-state index is 0.263. The smallest absolute Gasteiger partial charge is 0.319 e. The van der Waals surface area contributed by atoms with Gasteiger partial charge in [-0.05, 0) is 30.7 Å². The van der Waals surface area contributed by atoms with Gasteiger partial charge in [-0.1, -0.05) is 94.7 Å². The number of amides is 3. The third-order valence-corrected chi connectivity index (χ3v) is 6.54. The number of benzene rings is 3. The van der Waals surface area contributed by atoms with Crippen molar-refractivity contribution < 1.29 is 9.59 Å². The number of urea groups is 1. The van der Waals surface area contributed by atoms with Crippen LogP contribution in [0.4, 0.5) is 15.6 Å². The van der Waals surface area contributed by atoms with Gasteiger partial charge >= 0.3 is 6.03 Å². The molecule has 3 N–H and O–H groups in total. The molecule has 0 saturated carbocycles. The molecule has 0 radical (unpaired) electrons. The maximum Gasteiger partial charge on any atom is 0.319 e. The Bertz CT molecular complexity index is 1330. The van der Waals surface area contributed by atoms with Crippen LogP contribution in [0.3, 0.4) is 0 Å². The Labute approximate surface area is 216 Å². The Hall–Kier alpha value is -3.46. The SMILES string of the molecule is Cc1cccc(-c2nnc(NC(=O)[C@@H](Cc3ccccc3)NC(=O)Nc3c(Cl)cccc3Cl)s2)c1. The summed E-state index contributed by atoms with van der Waals surface area (Å²) in [5, 5.41) is 18.0. The number of hydrogen-bond donors (Lipinski definition) is 3. The van der Waals surface area contributed by atoms with Crippen molar-refractivity contribution in [3.8, 4) is 10.6 Å². The summed E-state index contributed by atoms with van der Waals surface area (Å²) < 4.78 is 0. The molecule has 0 aliphatic carbocycles. The minimum atomic E-state index is -0.898. The standard InChI is InChI=1S/C25H21Cl2N5O2S/c1-15-7-5-10-17(13-15)23-31-32-25(35-23)30-22(33)20(14-16-8-3-2-4-9-16)28-24(34)29-21-18(26)11-6-12-19(21)27/h2-13,20H,14H2,1H3,(H2,28,29,34)(H,30,32,33)/t20-/m1/s1. The molecule has 3 aromatic carbocycles. The zero-order valence-corrected chi connectivity index (χ0v) is 20.9. The van der Waals surface area contributed by atoms with Crippen LogP contribution >= 0.6 is 34.5 Å². The van der Waals surface area contributed by atoms with Crippen molar-refractivity contribution in [2.24, 2.45) is 0 Å². The second-order valence-electron chi connectivity index (χ2n) is 7.71. The van der Waals surface area contributed by atoms with E-state index in [1.807, 2.05) is 61.5 Å². The molecule has 0 spiro atoms. The van der Waals surface area contributed by atoms with E-state index >= 15 is 0 Å². The average molecular weight is 526 g/mol. The first-order valence-corrected chi connectivity index (χ1v) is 12.2. The zero-order chi connectivity index (χ0) is 24.8. The molecule has 7 nitrogen and oxygen atoms in total. The number of carbonyl (C=O) groups is 2. The molecule has 4 rings (SSSR count). The van der Waals surface area contributed by atoms with Gasteiger partial charge in [0.15, 0.2) is 0 Å². The number of nitrogens with one attached hydrogen (secondary N) is 3. The van der Waals surface area contributed by atoms with Crippen LogP contribution in [0.1, 0.15) is 11.1 Å². The van der Waals surface area contributed by atoms with E-state index in [1.54, 1.807) is 18.2 Å². The summed E-state index contributed by atoms with van der Waals surface area (Å²) in [5.74, 6) is -0.429. The normalized spacial score (nSPS) is 11.5. The number of carbonyl (C=O) groups excluding carboxylic acids is 2. The summed E-state index contributed by atoms with van der Waals surface area (Å²) in [6.45, 7) is 1.99. The maximum atomic E-state index is 13.2. The number of halogens is 2. The van der Waals surface area contributed by atoms with Gasteiger partial charge in [-0.3, -0.25) is 10.1 Å². The van der Waals surface area contributed by atoms with E-state index < -0.39 is 18.0 Å². The van der Waals surface area contributed by atoms with Crippen LogP contribution in [0.2, 0.25) is 10.0 Å². The van der Waals surface area contributed by atoms with Crippen molar-refractivity contribution in [3.05, 3.63) is 94.0 Å². The Morgan fingerprint density at radius 1 is 0.914 bits per heavy atom. The molecule has 0 fully saturated rings. The third kappa shape index (κ3) is 6.57. The highest BCUT2D eigenvalue weighted by Crippen LogP contribution is 2.30. The van der Waals surface area contributed by atoms with Crippen LogP contribution in [0.15, 0.2) is 72.8 Å². The number of aryl methyl sites for hydroxylation is 1. The number of anilines is 2. The lowest BCUT2D eigenvalue weighted by Crippen LogP contribution is -2.47. The average Bonchev–Trinajstić information content (AvgIpc) is 3.30. The Balaban J connectivity index is 1.50. The first kappa shape index (κ1) is 24.7. The van der Waals surface area contributed by atoms with E-state index in [4.69, 9.17) is 23.2 Å². The molecule has 35 heavy (non-hydrogen) atoms. The summed E-state index contributed by atoms with van der Waals surface area (Å²) in [5.41, 5.74) is 3.15. The highest BCUT2D eigenvalue weighted by molar-refractivity contribution is 7.18. The highest BCUT2D eigenvalue weighted by Gasteiger charge is 2.23. The molecule has 0 unspecified atom stereocenters. The summed E-state index contributed by atoms with van der Waals surface area (Å²) in [6.07, 6.45) is 0.264. The van der Waals surface area contributed by atoms with Crippen molar-refractivity contribution >= 4 is 57.3 Å². The second-order valence-corrected chi connectivity index (χ2v) is 9.50. The fraction of sp³-hybridized carbons (Fsp3) is 0.120. The van der Waals surface area contributed by atoms with Gasteiger partial charge in [0.2, 0.25) is 11.0 Å². The number of para-hydroxylation sites is 1. The topological polar surface area (TPSA) is 96.0 Å². The Morgan fingerprint density at radius 3 is 2.34 bits per heavy atom. The van der Waals surface area contributed by atoms with E-state index in [1.165, 1.54) is 11.3 Å². The monoisotopic (exact) mass is 525 g/mol. The van der Waals surface area contributed by atoms with Gasteiger partial charge in [-0.2, -0.15) is 0 Å². The Kier molecular flexibility index (Phi) is 7.97. The van der Waals surface area contributed by atoms with Crippen LogP contribution in [0.5, 0.6) is 0 Å². The van der Waals surface area contributed by atoms with Crippen molar-refractivity contribution in [3.63, 3.8) is 0 Å². The molecule has 178 valence electrons. The molecular weight excluding hydrogens is 505 g/mol. The maximum absolute atomic E-state index is 13.2. The van der Waals surface area contributed by atoms with E-state index in [0.29, 0.717) is 10.1 Å². The summed E-state index contributed by atoms with van der Waals surface area (Å²) in [6, 6.07) is 20.6. The molecule has 0 bridgehead atoms. The largest absolute Gasteiger partial charge is 0.326 e. The molecule has 4 aromatic rings. The predicted molar refractivity (Wildman–Crippen MR) is 141 cm³/mol. The van der Waals surface area contributed by atoms with E-state index in [9.17, 15) is 9.59 Å². The number of hydrogen-bond acceptors (Lipinski definition) is 5. The lowest BCUT2D eigenvalue weighted by Gasteiger charge is -2.19. The van der Waals surface area contributed by atoms with Gasteiger partial charge in [0.1, 0.15) is 11.0 Å². The summed E-state index contributed by atoms with van der Waals surface area (Å²) in [7, 11) is 0. The van der Waals surface area contributed by atoms with Gasteiger partial charge in [-0.25, -0.2) is 4.79 Å². The first-order chi connectivity index (χ1) is 16.9. The zero-order valence-electron chi connectivity index (χ0n) is 18.6. The van der Waals surface area contributed by atoms with Gasteiger partial charge < -0.3 is 10.6 Å². The predicted octanol–water partition coefficient (Wildman–Crippen LogP) is 6.19. The van der Waals surface area contributed by atoms with Crippen LogP contribution in [-0.2, 0) is 11.2 Å². The van der Waals surface area contributed by atoms with Crippen molar-refractivity contribution in [2.75, 3.05) is 10.6 Å². The first-order valence-electron chi connectivity index (χ1n) is 10.7. The van der Waals surface area contributed by atoms with Gasteiger partial charge in [-0.15, -0.1) is 10.2 Å². The van der Waals surface area contributed by atoms with Crippen molar-refractivity contribution in [1.82, 2.24) is 15.5 Å². The Morgan fingerprint density at radius 2 is 1.63 bits per heavy atom. The molecule has 1 atom stereocenters. The highest BCUT2D eigenvalue weighted by atomic mass is 35.5. The van der Waals surface area contributed by atoms with Crippen molar-refractivity contribution in [2.45, 2.75) is 19.4 Å². The second kappa shape index (κ2) is 11.3. The van der Waals surface area contributed by atoms with Crippen LogP contribution in [0.25, 0.3) is 10.6 Å². The molecule has 1 aromatic heterocycles. The molecular formula is C25H21Cl2N5O2S. The number of nitrogens with zero attached hydrogens (tertiary/aromatic N) is 2. The molecule has 10 heteroatoms. The molecule has 0 aliphatic rings. The summed E-state index contributed by atoms with van der Waals surface area (Å²) >= 11 is 13.6. The molecule has 3 amide bonds. The summed E-state index contributed by atoms with van der Waals surface area (Å²) in [4.78, 5) is 25.9. The lowest BCUT2D eigenvalue weighted by molar-refractivity contribution is -0.117. The fourth-order valence-corrected chi connectivity index (χ4v) is 4.58. The minimum Gasteiger partial charge on any atom is -0.326 e. The molecule has 1 heterocycles. The van der Waals surface area contributed by atoms with E-state index in [0.717, 1.165) is 16.7 Å². The van der Waals surface area contributed by atoms with E-state index in [2.05, 4.69) is 26.1 Å². The van der Waals surface area contributed by atoms with Gasteiger partial charge in [0, 0.05) is 12.0 Å². The van der Waals surface area contributed by atoms with Crippen LogP contribution < -0.4 is 16.0 Å². The fourth-order valence-electron chi connectivity index (χ4n) is 3.35. The quantitative estimate of drug-likeness (QED) is 0.268. The van der Waals surface area contributed by atoms with Crippen LogP contribution in [-0.4, -0.2) is 28.2 Å². The van der Waals surface area contributed by atoms with Gasteiger partial charge in [0.25, 0.3) is 0 Å². The van der Waals surface area contributed by atoms with Gasteiger partial charge in [0.05, 0.1) is 15.7 Å². The van der Waals surface area contributed by atoms with Crippen LogP contribution in [0, 0.1) is 6.92 Å². The third-order valence-electron chi connectivity index (χ3n) is 5.03. The van der Waals surface area contributed by atoms with E-state index in [-0.39, 0.29) is 22.2 Å². The number of aromatic nitrogens is 2.